The zero-order chi connectivity index (χ0) is 21.6. The van der Waals surface area contributed by atoms with Crippen molar-refractivity contribution in [3.8, 4) is 0 Å². The van der Waals surface area contributed by atoms with E-state index in [9.17, 15) is 13.6 Å². The van der Waals surface area contributed by atoms with Crippen molar-refractivity contribution in [2.75, 3.05) is 62.6 Å². The first-order chi connectivity index (χ1) is 15.1. The highest BCUT2D eigenvalue weighted by Gasteiger charge is 2.26. The van der Waals surface area contributed by atoms with Crippen LogP contribution < -0.4 is 10.2 Å². The maximum atomic E-state index is 13.8. The van der Waals surface area contributed by atoms with Crippen molar-refractivity contribution in [2.45, 2.75) is 12.8 Å². The highest BCUT2D eigenvalue weighted by atomic mass is 19.1. The second-order valence-electron chi connectivity index (χ2n) is 8.39. The maximum Gasteiger partial charge on any atom is 0.238 e. The number of aromatic nitrogens is 1. The van der Waals surface area contributed by atoms with Crippen molar-refractivity contribution in [1.29, 1.82) is 0 Å². The highest BCUT2D eigenvalue weighted by Crippen LogP contribution is 2.20. The molecule has 2 aliphatic heterocycles. The quantitative estimate of drug-likeness (QED) is 0.765. The number of anilines is 2. The molecular weight excluding hydrogens is 400 g/mol. The van der Waals surface area contributed by atoms with Gasteiger partial charge in [-0.2, -0.15) is 0 Å². The first-order valence-electron chi connectivity index (χ1n) is 10.9. The van der Waals surface area contributed by atoms with E-state index in [0.717, 1.165) is 82.7 Å². The molecule has 0 bridgehead atoms. The molecule has 2 aromatic rings. The number of rotatable bonds is 6. The van der Waals surface area contributed by atoms with Crippen LogP contribution in [0.15, 0.2) is 42.6 Å². The topological polar surface area (TPSA) is 51.7 Å². The van der Waals surface area contributed by atoms with E-state index in [-0.39, 0.29) is 18.1 Å². The molecule has 1 amide bonds. The first kappa shape index (κ1) is 21.6. The van der Waals surface area contributed by atoms with Crippen LogP contribution in [0, 0.1) is 17.6 Å². The summed E-state index contributed by atoms with van der Waals surface area (Å²) in [5.74, 6) is 0.0312. The smallest absolute Gasteiger partial charge is 0.238 e. The fraction of sp³-hybridized carbons (Fsp3) is 0.478. The van der Waals surface area contributed by atoms with Gasteiger partial charge in [-0.25, -0.2) is 13.8 Å². The van der Waals surface area contributed by atoms with E-state index in [1.807, 2.05) is 18.3 Å². The summed E-state index contributed by atoms with van der Waals surface area (Å²) in [7, 11) is 0. The van der Waals surface area contributed by atoms with Crippen molar-refractivity contribution in [3.63, 3.8) is 0 Å². The van der Waals surface area contributed by atoms with Crippen LogP contribution in [0.2, 0.25) is 0 Å². The summed E-state index contributed by atoms with van der Waals surface area (Å²) in [6, 6.07) is 9.08. The van der Waals surface area contributed by atoms with Gasteiger partial charge in [0.15, 0.2) is 0 Å². The Kier molecular flexibility index (Phi) is 7.09. The van der Waals surface area contributed by atoms with Gasteiger partial charge in [-0.1, -0.05) is 6.07 Å². The predicted molar refractivity (Wildman–Crippen MR) is 117 cm³/mol. The normalized spacial score (nSPS) is 20.6. The van der Waals surface area contributed by atoms with Crippen molar-refractivity contribution in [1.82, 2.24) is 14.8 Å². The lowest BCUT2D eigenvalue weighted by Crippen LogP contribution is -2.50. The molecule has 0 spiro atoms. The third-order valence-corrected chi connectivity index (χ3v) is 6.03. The standard InChI is InChI=1S/C23H29F2N5O/c24-19-6-7-20(25)21(14-19)27-23(31)17-29-9-3-4-18(16-29)15-28-10-12-30(13-11-28)22-5-1-2-8-26-22/h1-2,5-8,14,18H,3-4,9-13,15-17H2,(H,27,31). The molecule has 1 aromatic carbocycles. The summed E-state index contributed by atoms with van der Waals surface area (Å²) in [4.78, 5) is 23.7. The molecule has 2 fully saturated rings. The van der Waals surface area contributed by atoms with Gasteiger partial charge in [-0.3, -0.25) is 14.6 Å². The van der Waals surface area contributed by atoms with Crippen LogP contribution >= 0.6 is 0 Å². The number of piperidine rings is 1. The Labute approximate surface area is 181 Å². The van der Waals surface area contributed by atoms with Gasteiger partial charge < -0.3 is 10.2 Å². The average Bonchev–Trinajstić information content (AvgIpc) is 2.78. The fourth-order valence-corrected chi connectivity index (χ4v) is 4.50. The Hall–Kier alpha value is -2.58. The van der Waals surface area contributed by atoms with E-state index < -0.39 is 11.6 Å². The maximum absolute atomic E-state index is 13.8. The monoisotopic (exact) mass is 429 g/mol. The van der Waals surface area contributed by atoms with Crippen LogP contribution in [-0.2, 0) is 4.79 Å². The summed E-state index contributed by atoms with van der Waals surface area (Å²) in [5.41, 5.74) is -0.107. The molecule has 31 heavy (non-hydrogen) atoms. The van der Waals surface area contributed by atoms with Crippen LogP contribution in [0.1, 0.15) is 12.8 Å². The third kappa shape index (κ3) is 5.98. The summed E-state index contributed by atoms with van der Waals surface area (Å²) in [5, 5.41) is 2.50. The van der Waals surface area contributed by atoms with Gasteiger partial charge in [-0.15, -0.1) is 0 Å². The summed E-state index contributed by atoms with van der Waals surface area (Å²) in [6.07, 6.45) is 4.02. The average molecular weight is 430 g/mol. The van der Waals surface area contributed by atoms with Gasteiger partial charge >= 0.3 is 0 Å². The number of carbonyl (C=O) groups excluding carboxylic acids is 1. The van der Waals surface area contributed by atoms with Gasteiger partial charge in [0.1, 0.15) is 17.5 Å². The molecule has 0 radical (unpaired) electrons. The van der Waals surface area contributed by atoms with Gasteiger partial charge in [0.05, 0.1) is 12.2 Å². The van der Waals surface area contributed by atoms with E-state index in [4.69, 9.17) is 0 Å². The molecule has 6 nitrogen and oxygen atoms in total. The molecule has 1 aromatic heterocycles. The Balaban J connectivity index is 1.22. The third-order valence-electron chi connectivity index (χ3n) is 6.03. The second-order valence-corrected chi connectivity index (χ2v) is 8.39. The Morgan fingerprint density at radius 2 is 1.90 bits per heavy atom. The van der Waals surface area contributed by atoms with Crippen LogP contribution in [0.3, 0.4) is 0 Å². The lowest BCUT2D eigenvalue weighted by atomic mass is 9.97. The van der Waals surface area contributed by atoms with Crippen LogP contribution in [0.4, 0.5) is 20.3 Å². The second kappa shape index (κ2) is 10.2. The number of nitrogens with one attached hydrogen (secondary N) is 1. The Morgan fingerprint density at radius 3 is 2.68 bits per heavy atom. The molecule has 2 aliphatic rings. The van der Waals surface area contributed by atoms with Crippen LogP contribution in [0.5, 0.6) is 0 Å². The van der Waals surface area contributed by atoms with Gasteiger partial charge in [0, 0.05) is 51.5 Å². The molecule has 8 heteroatoms. The van der Waals surface area contributed by atoms with E-state index in [2.05, 4.69) is 31.1 Å². The number of amides is 1. The molecule has 1 atom stereocenters. The number of likely N-dealkylation sites (tertiary alicyclic amines) is 1. The lowest BCUT2D eigenvalue weighted by Gasteiger charge is -2.39. The van der Waals surface area contributed by atoms with Crippen molar-refractivity contribution < 1.29 is 13.6 Å². The van der Waals surface area contributed by atoms with Crippen molar-refractivity contribution >= 4 is 17.4 Å². The first-order valence-corrected chi connectivity index (χ1v) is 10.9. The van der Waals surface area contributed by atoms with Crippen LogP contribution in [-0.4, -0.2) is 73.0 Å². The predicted octanol–water partition coefficient (Wildman–Crippen LogP) is 2.83. The number of pyridine rings is 1. The zero-order valence-electron chi connectivity index (χ0n) is 17.6. The summed E-state index contributed by atoms with van der Waals surface area (Å²) < 4.78 is 27.1. The zero-order valence-corrected chi connectivity index (χ0v) is 17.6. The van der Waals surface area contributed by atoms with E-state index in [1.54, 1.807) is 0 Å². The number of hydrogen-bond donors (Lipinski definition) is 1. The summed E-state index contributed by atoms with van der Waals surface area (Å²) >= 11 is 0. The fourth-order valence-electron chi connectivity index (χ4n) is 4.50. The minimum atomic E-state index is -0.629. The number of hydrogen-bond acceptors (Lipinski definition) is 5. The Bertz CT molecular complexity index is 874. The van der Waals surface area contributed by atoms with Crippen LogP contribution in [0.25, 0.3) is 0 Å². The molecule has 3 heterocycles. The van der Waals surface area contributed by atoms with Crippen molar-refractivity contribution in [2.24, 2.45) is 5.92 Å². The molecule has 0 saturated carbocycles. The number of benzene rings is 1. The number of piperazine rings is 1. The Morgan fingerprint density at radius 1 is 1.06 bits per heavy atom. The minimum absolute atomic E-state index is 0.107. The van der Waals surface area contributed by atoms with Gasteiger partial charge in [0.25, 0.3) is 0 Å². The largest absolute Gasteiger partial charge is 0.354 e. The SMILES string of the molecule is O=C(CN1CCCC(CN2CCN(c3ccccn3)CC2)C1)Nc1cc(F)ccc1F. The van der Waals surface area contributed by atoms with E-state index in [1.165, 1.54) is 0 Å². The number of carbonyl (C=O) groups is 1. The number of nitrogens with zero attached hydrogens (tertiary/aromatic N) is 4. The lowest BCUT2D eigenvalue weighted by molar-refractivity contribution is -0.117. The minimum Gasteiger partial charge on any atom is -0.354 e. The van der Waals surface area contributed by atoms with Gasteiger partial charge in [0.2, 0.25) is 5.91 Å². The van der Waals surface area contributed by atoms with E-state index >= 15 is 0 Å². The van der Waals surface area contributed by atoms with Gasteiger partial charge in [-0.05, 0) is 49.6 Å². The molecule has 4 rings (SSSR count). The number of halogens is 2. The van der Waals surface area contributed by atoms with E-state index in [0.29, 0.717) is 5.92 Å². The molecule has 166 valence electrons. The highest BCUT2D eigenvalue weighted by molar-refractivity contribution is 5.92. The molecular formula is C23H29F2N5O. The molecule has 1 unspecified atom stereocenters. The summed E-state index contributed by atoms with van der Waals surface area (Å²) in [6.45, 7) is 6.86. The molecule has 2 saturated heterocycles. The van der Waals surface area contributed by atoms with Crippen molar-refractivity contribution in [3.05, 3.63) is 54.2 Å². The molecule has 0 aliphatic carbocycles. The molecule has 1 N–H and O–H groups in total.